The number of hydrogen-bond donors (Lipinski definition) is 3. The first kappa shape index (κ1) is 15.6. The quantitative estimate of drug-likeness (QED) is 0.752. The number of carbonyl (C=O) groups excluding carboxylic acids is 1. The fraction of sp³-hybridized carbons (Fsp3) is 0.562. The zero-order valence-corrected chi connectivity index (χ0v) is 13.0. The SMILES string of the molecule is O=C(NCC1(CO)CC1)NCC1(c2ccc(F)cc2Cl)CC1. The monoisotopic (exact) mass is 326 g/mol. The second-order valence-corrected chi connectivity index (χ2v) is 7.01. The molecule has 0 aromatic heterocycles. The summed E-state index contributed by atoms with van der Waals surface area (Å²) in [6.45, 7) is 1.10. The zero-order valence-electron chi connectivity index (χ0n) is 12.3. The average molecular weight is 327 g/mol. The van der Waals surface area contributed by atoms with Gasteiger partial charge in [-0.3, -0.25) is 0 Å². The van der Waals surface area contributed by atoms with E-state index < -0.39 is 0 Å². The minimum Gasteiger partial charge on any atom is -0.396 e. The Morgan fingerprint density at radius 1 is 1.23 bits per heavy atom. The Balaban J connectivity index is 1.53. The summed E-state index contributed by atoms with van der Waals surface area (Å²) in [5.74, 6) is -0.353. The first-order valence-electron chi connectivity index (χ1n) is 7.57. The number of aliphatic hydroxyl groups is 1. The molecule has 2 fully saturated rings. The molecule has 22 heavy (non-hydrogen) atoms. The third-order valence-corrected chi connectivity index (χ3v) is 5.17. The van der Waals surface area contributed by atoms with Gasteiger partial charge in [0.15, 0.2) is 0 Å². The molecule has 2 aliphatic rings. The van der Waals surface area contributed by atoms with Crippen LogP contribution in [0.2, 0.25) is 5.02 Å². The molecule has 0 spiro atoms. The second kappa shape index (κ2) is 5.70. The highest BCUT2D eigenvalue weighted by atomic mass is 35.5. The summed E-state index contributed by atoms with van der Waals surface area (Å²) in [6, 6.07) is 4.19. The highest BCUT2D eigenvalue weighted by Gasteiger charge is 2.46. The van der Waals surface area contributed by atoms with Crippen LogP contribution in [0.25, 0.3) is 0 Å². The molecule has 0 atom stereocenters. The lowest BCUT2D eigenvalue weighted by Gasteiger charge is -2.19. The molecule has 1 aromatic rings. The van der Waals surface area contributed by atoms with Gasteiger partial charge in [-0.15, -0.1) is 0 Å². The zero-order chi connectivity index (χ0) is 15.8. The Morgan fingerprint density at radius 2 is 1.91 bits per heavy atom. The number of rotatable bonds is 6. The Labute approximate surface area is 134 Å². The van der Waals surface area contributed by atoms with Gasteiger partial charge in [0.1, 0.15) is 5.82 Å². The van der Waals surface area contributed by atoms with E-state index in [1.54, 1.807) is 6.07 Å². The molecule has 1 aromatic carbocycles. The van der Waals surface area contributed by atoms with E-state index in [2.05, 4.69) is 10.6 Å². The molecule has 2 aliphatic carbocycles. The molecule has 2 amide bonds. The van der Waals surface area contributed by atoms with Gasteiger partial charge in [-0.25, -0.2) is 9.18 Å². The second-order valence-electron chi connectivity index (χ2n) is 6.60. The minimum atomic E-state index is -0.353. The van der Waals surface area contributed by atoms with Gasteiger partial charge in [-0.1, -0.05) is 17.7 Å². The van der Waals surface area contributed by atoms with Crippen LogP contribution in [0.15, 0.2) is 18.2 Å². The standard InChI is InChI=1S/C16H20ClFN2O2/c17-13-7-11(18)1-2-12(13)16(5-6-16)9-20-14(22)19-8-15(10-21)3-4-15/h1-2,7,21H,3-6,8-10H2,(H2,19,20,22). The average Bonchev–Trinajstić information content (AvgIpc) is 3.39. The van der Waals surface area contributed by atoms with Crippen LogP contribution in [0, 0.1) is 11.2 Å². The Bertz CT molecular complexity index is 586. The molecule has 6 heteroatoms. The molecule has 120 valence electrons. The summed E-state index contributed by atoms with van der Waals surface area (Å²) >= 11 is 6.12. The molecular formula is C16H20ClFN2O2. The maximum atomic E-state index is 13.1. The van der Waals surface area contributed by atoms with Crippen molar-refractivity contribution < 1.29 is 14.3 Å². The van der Waals surface area contributed by atoms with Crippen LogP contribution in [0.5, 0.6) is 0 Å². The van der Waals surface area contributed by atoms with Crippen molar-refractivity contribution in [3.05, 3.63) is 34.6 Å². The van der Waals surface area contributed by atoms with Gasteiger partial charge in [-0.2, -0.15) is 0 Å². The van der Waals surface area contributed by atoms with E-state index in [9.17, 15) is 14.3 Å². The number of hydrogen-bond acceptors (Lipinski definition) is 2. The Hall–Kier alpha value is -1.33. The molecule has 0 heterocycles. The molecule has 0 saturated heterocycles. The lowest BCUT2D eigenvalue weighted by Crippen LogP contribution is -2.42. The molecule has 4 nitrogen and oxygen atoms in total. The first-order valence-corrected chi connectivity index (χ1v) is 7.95. The van der Waals surface area contributed by atoms with Gasteiger partial charge in [-0.05, 0) is 43.4 Å². The van der Waals surface area contributed by atoms with Crippen molar-refractivity contribution in [2.24, 2.45) is 5.41 Å². The van der Waals surface area contributed by atoms with E-state index in [1.165, 1.54) is 12.1 Å². The van der Waals surface area contributed by atoms with Crippen LogP contribution < -0.4 is 10.6 Å². The largest absolute Gasteiger partial charge is 0.396 e. The summed E-state index contributed by atoms with van der Waals surface area (Å²) < 4.78 is 13.1. The fourth-order valence-corrected chi connectivity index (χ4v) is 3.13. The fourth-order valence-electron chi connectivity index (χ4n) is 2.76. The molecule has 0 aliphatic heterocycles. The molecule has 0 unspecified atom stereocenters. The van der Waals surface area contributed by atoms with Gasteiger partial charge in [0.25, 0.3) is 0 Å². The van der Waals surface area contributed by atoms with Crippen molar-refractivity contribution in [2.45, 2.75) is 31.1 Å². The summed E-state index contributed by atoms with van der Waals surface area (Å²) in [7, 11) is 0. The lowest BCUT2D eigenvalue weighted by molar-refractivity contribution is 0.203. The normalized spacial score (nSPS) is 20.3. The van der Waals surface area contributed by atoms with Gasteiger partial charge in [0, 0.05) is 28.9 Å². The van der Waals surface area contributed by atoms with Gasteiger partial charge in [0.2, 0.25) is 0 Å². The third kappa shape index (κ3) is 3.20. The number of urea groups is 1. The Morgan fingerprint density at radius 3 is 2.45 bits per heavy atom. The van der Waals surface area contributed by atoms with E-state index in [0.717, 1.165) is 31.2 Å². The number of nitrogens with one attached hydrogen (secondary N) is 2. The number of aliphatic hydroxyl groups excluding tert-OH is 1. The van der Waals surface area contributed by atoms with E-state index >= 15 is 0 Å². The summed E-state index contributed by atoms with van der Waals surface area (Å²) in [5.41, 5.74) is 0.621. The predicted octanol–water partition coefficient (Wildman–Crippen LogP) is 2.58. The van der Waals surface area contributed by atoms with E-state index in [1.807, 2.05) is 0 Å². The number of benzene rings is 1. The van der Waals surface area contributed by atoms with Crippen LogP contribution in [-0.2, 0) is 5.41 Å². The summed E-state index contributed by atoms with van der Waals surface area (Å²) in [4.78, 5) is 11.9. The van der Waals surface area contributed by atoms with Gasteiger partial charge in [0.05, 0.1) is 6.61 Å². The molecule has 0 radical (unpaired) electrons. The third-order valence-electron chi connectivity index (χ3n) is 4.86. The highest BCUT2D eigenvalue weighted by molar-refractivity contribution is 6.31. The highest BCUT2D eigenvalue weighted by Crippen LogP contribution is 2.50. The molecule has 2 saturated carbocycles. The summed E-state index contributed by atoms with van der Waals surface area (Å²) in [6.07, 6.45) is 3.77. The van der Waals surface area contributed by atoms with Crippen LogP contribution in [0.4, 0.5) is 9.18 Å². The topological polar surface area (TPSA) is 61.4 Å². The van der Waals surface area contributed by atoms with Crippen molar-refractivity contribution in [3.63, 3.8) is 0 Å². The number of amides is 2. The van der Waals surface area contributed by atoms with Crippen molar-refractivity contribution in [3.8, 4) is 0 Å². The van der Waals surface area contributed by atoms with Crippen molar-refractivity contribution in [1.29, 1.82) is 0 Å². The van der Waals surface area contributed by atoms with Gasteiger partial charge < -0.3 is 15.7 Å². The first-order chi connectivity index (χ1) is 10.5. The molecule has 0 bridgehead atoms. The van der Waals surface area contributed by atoms with E-state index in [0.29, 0.717) is 18.1 Å². The predicted molar refractivity (Wildman–Crippen MR) is 82.5 cm³/mol. The van der Waals surface area contributed by atoms with Crippen LogP contribution in [0.1, 0.15) is 31.2 Å². The molecule has 3 N–H and O–H groups in total. The maximum Gasteiger partial charge on any atom is 0.314 e. The molecular weight excluding hydrogens is 307 g/mol. The van der Waals surface area contributed by atoms with Crippen LogP contribution in [-0.4, -0.2) is 30.8 Å². The van der Waals surface area contributed by atoms with Crippen LogP contribution >= 0.6 is 11.6 Å². The Kier molecular flexibility index (Phi) is 4.03. The van der Waals surface area contributed by atoms with Gasteiger partial charge >= 0.3 is 6.03 Å². The smallest absolute Gasteiger partial charge is 0.314 e. The number of carbonyl (C=O) groups is 1. The lowest BCUT2D eigenvalue weighted by atomic mass is 9.96. The van der Waals surface area contributed by atoms with Crippen LogP contribution in [0.3, 0.4) is 0 Å². The maximum absolute atomic E-state index is 13.1. The molecule has 3 rings (SSSR count). The minimum absolute atomic E-state index is 0.102. The van der Waals surface area contributed by atoms with E-state index in [-0.39, 0.29) is 29.3 Å². The summed E-state index contributed by atoms with van der Waals surface area (Å²) in [5, 5.41) is 15.3. The number of halogens is 2. The van der Waals surface area contributed by atoms with Crippen molar-refractivity contribution >= 4 is 17.6 Å². The van der Waals surface area contributed by atoms with Crippen molar-refractivity contribution in [1.82, 2.24) is 10.6 Å². The van der Waals surface area contributed by atoms with Crippen molar-refractivity contribution in [2.75, 3.05) is 19.7 Å². The van der Waals surface area contributed by atoms with E-state index in [4.69, 9.17) is 11.6 Å².